The summed E-state index contributed by atoms with van der Waals surface area (Å²) in [5, 5.41) is 0.141. The van der Waals surface area contributed by atoms with Gasteiger partial charge in [0.05, 0.1) is 5.02 Å². The van der Waals surface area contributed by atoms with E-state index in [1.807, 2.05) is 0 Å². The lowest BCUT2D eigenvalue weighted by Crippen LogP contribution is -2.15. The second-order valence-corrected chi connectivity index (χ2v) is 6.84. The van der Waals surface area contributed by atoms with Crippen molar-refractivity contribution in [1.82, 2.24) is 0 Å². The number of hydrogen-bond acceptors (Lipinski definition) is 1. The quantitative estimate of drug-likeness (QED) is 0.846. The molecule has 0 amide bonds. The van der Waals surface area contributed by atoms with E-state index in [1.54, 1.807) is 12.1 Å². The molecule has 0 saturated carbocycles. The van der Waals surface area contributed by atoms with Crippen LogP contribution in [-0.4, -0.2) is 0 Å². The lowest BCUT2D eigenvalue weighted by molar-refractivity contribution is 0.589. The Balaban J connectivity index is 2.13. The van der Waals surface area contributed by atoms with Gasteiger partial charge in [-0.1, -0.05) is 62.7 Å². The van der Waals surface area contributed by atoms with Crippen LogP contribution in [0, 0.1) is 5.82 Å². The molecular formula is C18H21ClFN. The van der Waals surface area contributed by atoms with Gasteiger partial charge in [0, 0.05) is 6.04 Å². The smallest absolute Gasteiger partial charge is 0.141 e. The molecule has 0 spiro atoms. The largest absolute Gasteiger partial charge is 0.324 e. The van der Waals surface area contributed by atoms with Crippen LogP contribution in [0.15, 0.2) is 42.5 Å². The minimum Gasteiger partial charge on any atom is -0.324 e. The number of benzene rings is 2. The summed E-state index contributed by atoms with van der Waals surface area (Å²) >= 11 is 5.80. The normalized spacial score (nSPS) is 13.2. The monoisotopic (exact) mass is 305 g/mol. The molecule has 21 heavy (non-hydrogen) atoms. The number of rotatable bonds is 3. The molecule has 0 heterocycles. The van der Waals surface area contributed by atoms with Crippen LogP contribution in [0.5, 0.6) is 0 Å². The van der Waals surface area contributed by atoms with Crippen molar-refractivity contribution in [2.75, 3.05) is 0 Å². The Labute approximate surface area is 130 Å². The van der Waals surface area contributed by atoms with Crippen molar-refractivity contribution in [2.24, 2.45) is 5.73 Å². The molecule has 1 atom stereocenters. The molecule has 2 N–H and O–H groups in total. The zero-order valence-corrected chi connectivity index (χ0v) is 13.4. The van der Waals surface area contributed by atoms with Gasteiger partial charge in [0.25, 0.3) is 0 Å². The highest BCUT2D eigenvalue weighted by atomic mass is 35.5. The van der Waals surface area contributed by atoms with Crippen LogP contribution in [0.2, 0.25) is 5.02 Å². The Morgan fingerprint density at radius 1 is 1.10 bits per heavy atom. The fourth-order valence-corrected chi connectivity index (χ4v) is 2.47. The van der Waals surface area contributed by atoms with Crippen LogP contribution < -0.4 is 5.73 Å². The van der Waals surface area contributed by atoms with E-state index in [0.717, 1.165) is 11.1 Å². The van der Waals surface area contributed by atoms with Crippen LogP contribution in [0.3, 0.4) is 0 Å². The van der Waals surface area contributed by atoms with E-state index in [2.05, 4.69) is 45.0 Å². The van der Waals surface area contributed by atoms with Gasteiger partial charge in [-0.2, -0.15) is 0 Å². The summed E-state index contributed by atoms with van der Waals surface area (Å²) in [5.74, 6) is -0.400. The van der Waals surface area contributed by atoms with E-state index in [1.165, 1.54) is 11.6 Å². The third-order valence-corrected chi connectivity index (χ3v) is 3.93. The summed E-state index contributed by atoms with van der Waals surface area (Å²) in [5.41, 5.74) is 9.66. The predicted octanol–water partition coefficient (Wildman–Crippen LogP) is 5.02. The van der Waals surface area contributed by atoms with E-state index >= 15 is 0 Å². The lowest BCUT2D eigenvalue weighted by atomic mass is 9.86. The summed E-state index contributed by atoms with van der Waals surface area (Å²) in [6.07, 6.45) is 0.634. The molecule has 2 aromatic carbocycles. The van der Waals surface area contributed by atoms with Crippen LogP contribution >= 0.6 is 11.6 Å². The van der Waals surface area contributed by atoms with Crippen molar-refractivity contribution in [3.8, 4) is 0 Å². The molecule has 3 heteroatoms. The first-order valence-electron chi connectivity index (χ1n) is 7.07. The summed E-state index contributed by atoms with van der Waals surface area (Å²) in [4.78, 5) is 0. The highest BCUT2D eigenvalue weighted by Gasteiger charge is 2.14. The SMILES string of the molecule is CC(C)(C)c1ccc(C(N)Cc2ccc(F)c(Cl)c2)cc1. The Morgan fingerprint density at radius 2 is 1.71 bits per heavy atom. The second-order valence-electron chi connectivity index (χ2n) is 6.43. The van der Waals surface area contributed by atoms with Crippen molar-refractivity contribution in [3.63, 3.8) is 0 Å². The molecular weight excluding hydrogens is 285 g/mol. The van der Waals surface area contributed by atoms with Gasteiger partial charge in [-0.15, -0.1) is 0 Å². The second kappa shape index (κ2) is 6.17. The molecule has 1 unspecified atom stereocenters. The highest BCUT2D eigenvalue weighted by molar-refractivity contribution is 6.30. The molecule has 0 bridgehead atoms. The fraction of sp³-hybridized carbons (Fsp3) is 0.333. The minimum atomic E-state index is -0.400. The van der Waals surface area contributed by atoms with Gasteiger partial charge in [-0.25, -0.2) is 4.39 Å². The Hall–Kier alpha value is -1.38. The molecule has 0 radical (unpaired) electrons. The van der Waals surface area contributed by atoms with Crippen molar-refractivity contribution in [2.45, 2.75) is 38.6 Å². The summed E-state index contributed by atoms with van der Waals surface area (Å²) < 4.78 is 13.2. The molecule has 0 fully saturated rings. The van der Waals surface area contributed by atoms with Crippen molar-refractivity contribution >= 4 is 11.6 Å². The molecule has 0 aliphatic heterocycles. The van der Waals surface area contributed by atoms with E-state index in [-0.39, 0.29) is 16.5 Å². The van der Waals surface area contributed by atoms with Gasteiger partial charge < -0.3 is 5.73 Å². The zero-order valence-electron chi connectivity index (χ0n) is 12.7. The van der Waals surface area contributed by atoms with Gasteiger partial charge in [0.2, 0.25) is 0 Å². The van der Waals surface area contributed by atoms with Crippen molar-refractivity contribution in [3.05, 3.63) is 70.0 Å². The molecule has 0 aromatic heterocycles. The number of nitrogens with two attached hydrogens (primary N) is 1. The zero-order chi connectivity index (χ0) is 15.6. The van der Waals surface area contributed by atoms with E-state index in [4.69, 9.17) is 17.3 Å². The summed E-state index contributed by atoms with van der Waals surface area (Å²) in [6, 6.07) is 13.0. The summed E-state index contributed by atoms with van der Waals surface area (Å²) in [7, 11) is 0. The van der Waals surface area contributed by atoms with Crippen molar-refractivity contribution in [1.29, 1.82) is 0 Å². The molecule has 1 nitrogen and oxygen atoms in total. The fourth-order valence-electron chi connectivity index (χ4n) is 2.27. The first-order chi connectivity index (χ1) is 9.77. The van der Waals surface area contributed by atoms with Crippen LogP contribution in [0.25, 0.3) is 0 Å². The third kappa shape index (κ3) is 4.05. The first-order valence-corrected chi connectivity index (χ1v) is 7.45. The lowest BCUT2D eigenvalue weighted by Gasteiger charge is -2.20. The van der Waals surface area contributed by atoms with Gasteiger partial charge in [0.15, 0.2) is 0 Å². The van der Waals surface area contributed by atoms with E-state index in [0.29, 0.717) is 6.42 Å². The molecule has 0 aliphatic carbocycles. The van der Waals surface area contributed by atoms with E-state index in [9.17, 15) is 4.39 Å². The Morgan fingerprint density at radius 3 is 2.24 bits per heavy atom. The average Bonchev–Trinajstić information content (AvgIpc) is 2.42. The van der Waals surface area contributed by atoms with E-state index < -0.39 is 5.82 Å². The minimum absolute atomic E-state index is 0.124. The topological polar surface area (TPSA) is 26.0 Å². The molecule has 0 aliphatic rings. The average molecular weight is 306 g/mol. The maximum Gasteiger partial charge on any atom is 0.141 e. The van der Waals surface area contributed by atoms with Crippen LogP contribution in [0.1, 0.15) is 43.5 Å². The van der Waals surface area contributed by atoms with Crippen molar-refractivity contribution < 1.29 is 4.39 Å². The van der Waals surface area contributed by atoms with Gasteiger partial charge in [0.1, 0.15) is 5.82 Å². The number of halogens is 2. The first kappa shape index (κ1) is 16.0. The van der Waals surface area contributed by atoms with Gasteiger partial charge in [-0.05, 0) is 40.7 Å². The maximum absolute atomic E-state index is 13.2. The third-order valence-electron chi connectivity index (χ3n) is 3.64. The van der Waals surface area contributed by atoms with Gasteiger partial charge >= 0.3 is 0 Å². The van der Waals surface area contributed by atoms with Gasteiger partial charge in [-0.3, -0.25) is 0 Å². The maximum atomic E-state index is 13.2. The Bertz CT molecular complexity index is 614. The molecule has 112 valence electrons. The standard InChI is InChI=1S/C18H21ClFN/c1-18(2,3)14-7-5-13(6-8-14)17(21)11-12-4-9-16(20)15(19)10-12/h4-10,17H,11,21H2,1-3H3. The molecule has 2 aromatic rings. The Kier molecular flexibility index (Phi) is 4.70. The van der Waals surface area contributed by atoms with Crippen LogP contribution in [0.4, 0.5) is 4.39 Å². The van der Waals surface area contributed by atoms with Crippen LogP contribution in [-0.2, 0) is 11.8 Å². The predicted molar refractivity (Wildman–Crippen MR) is 87.2 cm³/mol. The molecule has 2 rings (SSSR count). The number of hydrogen-bond donors (Lipinski definition) is 1. The highest BCUT2D eigenvalue weighted by Crippen LogP contribution is 2.25. The molecule has 0 saturated heterocycles. The summed E-state index contributed by atoms with van der Waals surface area (Å²) in [6.45, 7) is 6.55.